The van der Waals surface area contributed by atoms with Gasteiger partial charge in [-0.15, -0.1) is 0 Å². The van der Waals surface area contributed by atoms with Crippen LogP contribution in [-0.4, -0.2) is 6.67 Å². The highest BCUT2D eigenvalue weighted by atomic mass is 19.1. The second-order valence-corrected chi connectivity index (χ2v) is 5.62. The Kier molecular flexibility index (Phi) is 6.08. The van der Waals surface area contributed by atoms with E-state index >= 15 is 0 Å². The van der Waals surface area contributed by atoms with Gasteiger partial charge in [0.1, 0.15) is 0 Å². The van der Waals surface area contributed by atoms with Crippen molar-refractivity contribution in [3.05, 3.63) is 11.6 Å². The van der Waals surface area contributed by atoms with E-state index in [1.807, 2.05) is 6.92 Å². The van der Waals surface area contributed by atoms with Crippen LogP contribution in [0.15, 0.2) is 11.6 Å². The van der Waals surface area contributed by atoms with Crippen molar-refractivity contribution in [2.45, 2.75) is 59.3 Å². The third kappa shape index (κ3) is 5.14. The molecule has 0 heterocycles. The molecule has 0 aromatic carbocycles. The van der Waals surface area contributed by atoms with Crippen molar-refractivity contribution in [2.75, 3.05) is 6.67 Å². The van der Waals surface area contributed by atoms with Crippen molar-refractivity contribution < 1.29 is 4.39 Å². The van der Waals surface area contributed by atoms with Crippen LogP contribution in [0.2, 0.25) is 0 Å². The summed E-state index contributed by atoms with van der Waals surface area (Å²) in [5.74, 6) is 1.65. The first-order valence-corrected chi connectivity index (χ1v) is 6.89. The van der Waals surface area contributed by atoms with Crippen molar-refractivity contribution >= 4 is 0 Å². The Morgan fingerprint density at radius 3 is 2.31 bits per heavy atom. The molecule has 1 heteroatoms. The molecule has 1 rings (SSSR count). The van der Waals surface area contributed by atoms with E-state index in [0.29, 0.717) is 5.92 Å². The lowest BCUT2D eigenvalue weighted by Crippen LogP contribution is -2.09. The third-order valence-electron chi connectivity index (χ3n) is 4.08. The highest BCUT2D eigenvalue weighted by Crippen LogP contribution is 2.32. The lowest BCUT2D eigenvalue weighted by Gasteiger charge is -2.16. The number of rotatable bonds is 9. The Hall–Kier alpha value is -0.330. The van der Waals surface area contributed by atoms with Crippen LogP contribution < -0.4 is 0 Å². The zero-order chi connectivity index (χ0) is 12.0. The normalized spacial score (nSPS) is 22.8. The molecule has 0 aliphatic heterocycles. The van der Waals surface area contributed by atoms with Crippen LogP contribution in [0.5, 0.6) is 0 Å². The molecule has 0 saturated heterocycles. The van der Waals surface area contributed by atoms with Crippen molar-refractivity contribution in [3.63, 3.8) is 0 Å². The largest absolute Gasteiger partial charge is 0.251 e. The van der Waals surface area contributed by atoms with Crippen LogP contribution in [0.3, 0.4) is 0 Å². The van der Waals surface area contributed by atoms with Gasteiger partial charge in [-0.3, -0.25) is 4.39 Å². The van der Waals surface area contributed by atoms with Crippen LogP contribution in [0, 0.1) is 17.8 Å². The Bertz CT molecular complexity index is 219. The van der Waals surface area contributed by atoms with Crippen molar-refractivity contribution in [1.29, 1.82) is 0 Å². The van der Waals surface area contributed by atoms with E-state index in [1.54, 1.807) is 5.57 Å². The molecule has 0 bridgehead atoms. The number of unbranched alkanes of at least 4 members (excludes halogenated alkanes) is 3. The van der Waals surface area contributed by atoms with Gasteiger partial charge in [0.2, 0.25) is 0 Å². The molecular weight excluding hydrogens is 199 g/mol. The van der Waals surface area contributed by atoms with Crippen molar-refractivity contribution in [3.8, 4) is 0 Å². The van der Waals surface area contributed by atoms with Gasteiger partial charge in [-0.1, -0.05) is 57.6 Å². The number of alkyl halides is 1. The Morgan fingerprint density at radius 2 is 1.75 bits per heavy atom. The second kappa shape index (κ2) is 7.09. The molecule has 0 fully saturated rings. The summed E-state index contributed by atoms with van der Waals surface area (Å²) >= 11 is 0. The first-order valence-electron chi connectivity index (χ1n) is 6.89. The minimum absolute atomic E-state index is 0.159. The molecule has 0 radical (unpaired) electrons. The smallest absolute Gasteiger partial charge is 0.0922 e. The van der Waals surface area contributed by atoms with Gasteiger partial charge in [0, 0.05) is 0 Å². The fourth-order valence-corrected chi connectivity index (χ4v) is 2.20. The third-order valence-corrected chi connectivity index (χ3v) is 4.08. The maximum absolute atomic E-state index is 12.4. The number of halogens is 1. The molecule has 0 saturated carbocycles. The van der Waals surface area contributed by atoms with Gasteiger partial charge < -0.3 is 0 Å². The molecule has 0 aromatic heterocycles. The summed E-state index contributed by atoms with van der Waals surface area (Å²) in [6.45, 7) is 6.27. The standard InChI is InChI=1S/C15H27F/c1-12(14(3)11-16)8-6-4-5-7-9-15-10-13(15)2/h10,12,14-15H,4-9,11H2,1-3H3/t12-,14?,15?/m1/s1. The van der Waals surface area contributed by atoms with E-state index < -0.39 is 0 Å². The number of hydrogen-bond donors (Lipinski definition) is 0. The topological polar surface area (TPSA) is 0 Å². The summed E-state index contributed by atoms with van der Waals surface area (Å²) in [4.78, 5) is 0. The van der Waals surface area contributed by atoms with Gasteiger partial charge in [0.05, 0.1) is 6.67 Å². The lowest BCUT2D eigenvalue weighted by molar-refractivity contribution is 0.277. The summed E-state index contributed by atoms with van der Waals surface area (Å²) in [6, 6.07) is 0. The van der Waals surface area contributed by atoms with E-state index in [0.717, 1.165) is 5.92 Å². The van der Waals surface area contributed by atoms with Crippen molar-refractivity contribution in [1.82, 2.24) is 0 Å². The van der Waals surface area contributed by atoms with Gasteiger partial charge >= 0.3 is 0 Å². The fourth-order valence-electron chi connectivity index (χ4n) is 2.20. The van der Waals surface area contributed by atoms with Gasteiger partial charge in [0.25, 0.3) is 0 Å². The minimum atomic E-state index is -0.159. The maximum Gasteiger partial charge on any atom is 0.0922 e. The molecule has 0 spiro atoms. The lowest BCUT2D eigenvalue weighted by atomic mass is 9.91. The molecule has 1 aliphatic rings. The van der Waals surface area contributed by atoms with Gasteiger partial charge in [-0.05, 0) is 31.1 Å². The monoisotopic (exact) mass is 226 g/mol. The van der Waals surface area contributed by atoms with Crippen LogP contribution >= 0.6 is 0 Å². The average molecular weight is 226 g/mol. The van der Waals surface area contributed by atoms with Crippen LogP contribution in [-0.2, 0) is 0 Å². The Labute approximate surface area is 100 Å². The van der Waals surface area contributed by atoms with Gasteiger partial charge in [-0.25, -0.2) is 0 Å². The van der Waals surface area contributed by atoms with E-state index in [9.17, 15) is 4.39 Å². The number of allylic oxidation sites excluding steroid dienone is 2. The van der Waals surface area contributed by atoms with Crippen LogP contribution in [0.4, 0.5) is 4.39 Å². The predicted molar refractivity (Wildman–Crippen MR) is 69.3 cm³/mol. The van der Waals surface area contributed by atoms with E-state index in [2.05, 4.69) is 19.9 Å². The highest BCUT2D eigenvalue weighted by molar-refractivity contribution is 5.26. The van der Waals surface area contributed by atoms with Gasteiger partial charge in [-0.2, -0.15) is 0 Å². The minimum Gasteiger partial charge on any atom is -0.251 e. The predicted octanol–water partition coefficient (Wildman–Crippen LogP) is 5.14. The summed E-state index contributed by atoms with van der Waals surface area (Å²) in [7, 11) is 0. The number of hydrogen-bond acceptors (Lipinski definition) is 0. The zero-order valence-corrected chi connectivity index (χ0v) is 11.1. The Morgan fingerprint density at radius 1 is 1.12 bits per heavy atom. The van der Waals surface area contributed by atoms with E-state index in [-0.39, 0.29) is 12.6 Å². The molecule has 0 amide bonds. The summed E-state index contributed by atoms with van der Waals surface area (Å²) in [5, 5.41) is 0. The summed E-state index contributed by atoms with van der Waals surface area (Å²) < 4.78 is 12.4. The maximum atomic E-state index is 12.4. The molecule has 1 aliphatic carbocycles. The van der Waals surface area contributed by atoms with E-state index in [4.69, 9.17) is 0 Å². The Balaban J connectivity index is 1.84. The molecule has 2 unspecified atom stereocenters. The van der Waals surface area contributed by atoms with Crippen LogP contribution in [0.1, 0.15) is 59.3 Å². The SMILES string of the molecule is CC1=CC1CCCCCC[C@@H](C)C(C)CF. The molecule has 94 valence electrons. The second-order valence-electron chi connectivity index (χ2n) is 5.62. The quantitative estimate of drug-likeness (QED) is 0.377. The molecule has 0 nitrogen and oxygen atoms in total. The first-order chi connectivity index (χ1) is 7.65. The summed E-state index contributed by atoms with van der Waals surface area (Å²) in [6.07, 6.45) is 10.3. The molecule has 3 atom stereocenters. The van der Waals surface area contributed by atoms with Crippen molar-refractivity contribution in [2.24, 2.45) is 17.8 Å². The first kappa shape index (κ1) is 13.7. The average Bonchev–Trinajstić information content (AvgIpc) is 2.98. The summed E-state index contributed by atoms with van der Waals surface area (Å²) in [5.41, 5.74) is 1.59. The fraction of sp³-hybridized carbons (Fsp3) is 0.867. The molecule has 0 aromatic rings. The molecule has 0 N–H and O–H groups in total. The highest BCUT2D eigenvalue weighted by Gasteiger charge is 2.18. The molecular formula is C15H27F. The van der Waals surface area contributed by atoms with Gasteiger partial charge in [0.15, 0.2) is 0 Å². The van der Waals surface area contributed by atoms with Crippen LogP contribution in [0.25, 0.3) is 0 Å². The van der Waals surface area contributed by atoms with E-state index in [1.165, 1.54) is 38.5 Å². The zero-order valence-electron chi connectivity index (χ0n) is 11.1. The molecule has 16 heavy (non-hydrogen) atoms.